The molecule has 0 atom stereocenters. The molecule has 0 amide bonds. The van der Waals surface area contributed by atoms with Gasteiger partial charge in [0.05, 0.1) is 19.0 Å². The number of benzene rings is 1. The van der Waals surface area contributed by atoms with Gasteiger partial charge < -0.3 is 10.1 Å². The second kappa shape index (κ2) is 5.87. The van der Waals surface area contributed by atoms with Gasteiger partial charge >= 0.3 is 0 Å². The van der Waals surface area contributed by atoms with E-state index in [0.717, 1.165) is 28.1 Å². The Balaban J connectivity index is 2.12. The summed E-state index contributed by atoms with van der Waals surface area (Å²) in [5.41, 5.74) is 3.14. The number of halogens is 1. The third-order valence-corrected chi connectivity index (χ3v) is 3.09. The van der Waals surface area contributed by atoms with Crippen molar-refractivity contribution in [3.63, 3.8) is 0 Å². The summed E-state index contributed by atoms with van der Waals surface area (Å²) < 4.78 is 6.36. The lowest BCUT2D eigenvalue weighted by molar-refractivity contribution is 0.414. The molecule has 0 bridgehead atoms. The molecule has 2 rings (SSSR count). The minimum Gasteiger partial charge on any atom is -0.493 e. The van der Waals surface area contributed by atoms with Gasteiger partial charge in [-0.25, -0.2) is 0 Å². The first kappa shape index (κ1) is 12.9. The highest BCUT2D eigenvalue weighted by Crippen LogP contribution is 2.24. The van der Waals surface area contributed by atoms with E-state index in [9.17, 15) is 0 Å². The lowest BCUT2D eigenvalue weighted by atomic mass is 10.2. The summed E-state index contributed by atoms with van der Waals surface area (Å²) in [5.74, 6) is 0.760. The predicted octanol–water partition coefficient (Wildman–Crippen LogP) is 3.77. The molecule has 3 nitrogen and oxygen atoms in total. The molecule has 1 aromatic carbocycles. The first-order chi connectivity index (χ1) is 8.69. The number of aromatic nitrogens is 1. The molecule has 2 aromatic rings. The SMILES string of the molecule is COc1cnc(C)cc1NCc1cccc(Br)c1. The van der Waals surface area contributed by atoms with Crippen LogP contribution in [-0.4, -0.2) is 12.1 Å². The second-order valence-corrected chi connectivity index (χ2v) is 4.93. The van der Waals surface area contributed by atoms with E-state index in [2.05, 4.69) is 38.4 Å². The Kier molecular flexibility index (Phi) is 4.20. The molecule has 4 heteroatoms. The summed E-state index contributed by atoms with van der Waals surface area (Å²) in [6.45, 7) is 2.71. The number of rotatable bonds is 4. The van der Waals surface area contributed by atoms with Crippen molar-refractivity contribution >= 4 is 21.6 Å². The van der Waals surface area contributed by atoms with Gasteiger partial charge in [0.25, 0.3) is 0 Å². The number of pyridine rings is 1. The van der Waals surface area contributed by atoms with Crippen molar-refractivity contribution in [1.82, 2.24) is 4.98 Å². The van der Waals surface area contributed by atoms with Crippen LogP contribution in [0.3, 0.4) is 0 Å². The minimum absolute atomic E-state index is 0.749. The van der Waals surface area contributed by atoms with Gasteiger partial charge in [0.2, 0.25) is 0 Å². The van der Waals surface area contributed by atoms with Crippen LogP contribution in [0, 0.1) is 6.92 Å². The van der Waals surface area contributed by atoms with Crippen LogP contribution in [0.4, 0.5) is 5.69 Å². The molecule has 0 spiro atoms. The predicted molar refractivity (Wildman–Crippen MR) is 77.0 cm³/mol. The van der Waals surface area contributed by atoms with Crippen molar-refractivity contribution in [2.75, 3.05) is 12.4 Å². The van der Waals surface area contributed by atoms with E-state index in [1.165, 1.54) is 5.56 Å². The second-order valence-electron chi connectivity index (χ2n) is 4.01. The third kappa shape index (κ3) is 3.23. The summed E-state index contributed by atoms with van der Waals surface area (Å²) in [7, 11) is 1.65. The molecule has 0 aliphatic rings. The van der Waals surface area contributed by atoms with E-state index in [1.807, 2.05) is 25.1 Å². The highest BCUT2D eigenvalue weighted by Gasteiger charge is 2.03. The van der Waals surface area contributed by atoms with Crippen LogP contribution >= 0.6 is 15.9 Å². The molecular formula is C14H15BrN2O. The Hall–Kier alpha value is -1.55. The number of methoxy groups -OCH3 is 1. The quantitative estimate of drug-likeness (QED) is 0.933. The lowest BCUT2D eigenvalue weighted by Crippen LogP contribution is -2.02. The summed E-state index contributed by atoms with van der Waals surface area (Å²) >= 11 is 3.47. The molecule has 1 heterocycles. The van der Waals surface area contributed by atoms with Crippen LogP contribution in [-0.2, 0) is 6.54 Å². The molecule has 1 aromatic heterocycles. The average molecular weight is 307 g/mol. The Morgan fingerprint density at radius 2 is 2.17 bits per heavy atom. The molecule has 0 aliphatic carbocycles. The van der Waals surface area contributed by atoms with Gasteiger partial charge in [-0.05, 0) is 30.7 Å². The molecule has 18 heavy (non-hydrogen) atoms. The molecule has 0 fully saturated rings. The summed E-state index contributed by atoms with van der Waals surface area (Å²) in [4.78, 5) is 4.21. The van der Waals surface area contributed by atoms with Crippen molar-refractivity contribution in [3.8, 4) is 5.75 Å². The summed E-state index contributed by atoms with van der Waals surface area (Å²) in [6, 6.07) is 10.2. The van der Waals surface area contributed by atoms with E-state index < -0.39 is 0 Å². The Bertz CT molecular complexity index is 543. The maximum absolute atomic E-state index is 5.28. The number of hydrogen-bond donors (Lipinski definition) is 1. The van der Waals surface area contributed by atoms with E-state index in [-0.39, 0.29) is 0 Å². The monoisotopic (exact) mass is 306 g/mol. The average Bonchev–Trinajstić information content (AvgIpc) is 2.37. The number of nitrogens with one attached hydrogen (secondary N) is 1. The maximum atomic E-state index is 5.28. The van der Waals surface area contributed by atoms with Crippen molar-refractivity contribution in [1.29, 1.82) is 0 Å². The summed E-state index contributed by atoms with van der Waals surface area (Å²) in [5, 5.41) is 3.36. The van der Waals surface area contributed by atoms with Crippen LogP contribution in [0.5, 0.6) is 5.75 Å². The van der Waals surface area contributed by atoms with Crippen LogP contribution in [0.15, 0.2) is 41.0 Å². The zero-order valence-corrected chi connectivity index (χ0v) is 12.0. The van der Waals surface area contributed by atoms with Gasteiger partial charge in [-0.15, -0.1) is 0 Å². The fourth-order valence-corrected chi connectivity index (χ4v) is 2.14. The van der Waals surface area contributed by atoms with Crippen molar-refractivity contribution in [2.45, 2.75) is 13.5 Å². The van der Waals surface area contributed by atoms with E-state index in [0.29, 0.717) is 0 Å². The molecule has 0 unspecified atom stereocenters. The van der Waals surface area contributed by atoms with E-state index in [4.69, 9.17) is 4.74 Å². The molecule has 0 radical (unpaired) electrons. The molecule has 1 N–H and O–H groups in total. The van der Waals surface area contributed by atoms with Crippen molar-refractivity contribution in [2.24, 2.45) is 0 Å². The normalized spacial score (nSPS) is 10.2. The highest BCUT2D eigenvalue weighted by molar-refractivity contribution is 9.10. The molecule has 0 aliphatic heterocycles. The fourth-order valence-electron chi connectivity index (χ4n) is 1.69. The first-order valence-corrected chi connectivity index (χ1v) is 6.47. The Morgan fingerprint density at radius 3 is 2.89 bits per heavy atom. The van der Waals surface area contributed by atoms with Gasteiger partial charge in [0, 0.05) is 16.7 Å². The van der Waals surface area contributed by atoms with Gasteiger partial charge in [-0.1, -0.05) is 28.1 Å². The summed E-state index contributed by atoms with van der Waals surface area (Å²) in [6.07, 6.45) is 1.73. The van der Waals surface area contributed by atoms with Gasteiger partial charge in [-0.2, -0.15) is 0 Å². The first-order valence-electron chi connectivity index (χ1n) is 5.68. The minimum atomic E-state index is 0.749. The maximum Gasteiger partial charge on any atom is 0.160 e. The van der Waals surface area contributed by atoms with Crippen LogP contribution in [0.2, 0.25) is 0 Å². The van der Waals surface area contributed by atoms with Gasteiger partial charge in [-0.3, -0.25) is 4.98 Å². The standard InChI is InChI=1S/C14H15BrN2O/c1-10-6-13(14(18-2)9-16-10)17-8-11-4-3-5-12(15)7-11/h3-7,9H,8H2,1-2H3,(H,16,17). The van der Waals surface area contributed by atoms with Gasteiger partial charge in [0.15, 0.2) is 5.75 Å². The Labute approximate surface area is 115 Å². The van der Waals surface area contributed by atoms with E-state index in [1.54, 1.807) is 13.3 Å². The molecular weight excluding hydrogens is 292 g/mol. The smallest absolute Gasteiger partial charge is 0.160 e. The third-order valence-electron chi connectivity index (χ3n) is 2.60. The van der Waals surface area contributed by atoms with Crippen LogP contribution < -0.4 is 10.1 Å². The molecule has 0 saturated carbocycles. The largest absolute Gasteiger partial charge is 0.493 e. The Morgan fingerprint density at radius 1 is 1.33 bits per heavy atom. The number of ether oxygens (including phenoxy) is 1. The number of hydrogen-bond acceptors (Lipinski definition) is 3. The van der Waals surface area contributed by atoms with Crippen molar-refractivity contribution < 1.29 is 4.74 Å². The highest BCUT2D eigenvalue weighted by atomic mass is 79.9. The molecule has 94 valence electrons. The number of aryl methyl sites for hydroxylation is 1. The lowest BCUT2D eigenvalue weighted by Gasteiger charge is -2.11. The van der Waals surface area contributed by atoms with E-state index >= 15 is 0 Å². The van der Waals surface area contributed by atoms with Crippen LogP contribution in [0.1, 0.15) is 11.3 Å². The molecule has 0 saturated heterocycles. The number of anilines is 1. The number of nitrogens with zero attached hydrogens (tertiary/aromatic N) is 1. The fraction of sp³-hybridized carbons (Fsp3) is 0.214. The van der Waals surface area contributed by atoms with Crippen LogP contribution in [0.25, 0.3) is 0 Å². The zero-order chi connectivity index (χ0) is 13.0. The topological polar surface area (TPSA) is 34.1 Å². The van der Waals surface area contributed by atoms with Gasteiger partial charge in [0.1, 0.15) is 0 Å². The zero-order valence-electron chi connectivity index (χ0n) is 10.4. The van der Waals surface area contributed by atoms with Crippen molar-refractivity contribution in [3.05, 3.63) is 52.3 Å².